The Morgan fingerprint density at radius 2 is 1.91 bits per heavy atom. The number of nitrogens with one attached hydrogen (secondary N) is 1. The summed E-state index contributed by atoms with van der Waals surface area (Å²) in [7, 11) is 0. The van der Waals surface area contributed by atoms with Crippen LogP contribution in [0, 0.1) is 23.1 Å². The van der Waals surface area contributed by atoms with Crippen LogP contribution in [-0.4, -0.2) is 29.1 Å². The smallest absolute Gasteiger partial charge is 0.320 e. The fraction of sp³-hybridized carbons (Fsp3) is 0.273. The Kier molecular flexibility index (Phi) is 5.78. The molecule has 172 valence electrons. The van der Waals surface area contributed by atoms with E-state index in [0.29, 0.717) is 0 Å². The molecule has 4 rings (SSSR count). The van der Waals surface area contributed by atoms with Crippen LogP contribution in [0.25, 0.3) is 10.9 Å². The molecule has 0 bridgehead atoms. The molecule has 0 radical (unpaired) electrons. The Hall–Kier alpha value is -3.19. The molecule has 33 heavy (non-hydrogen) atoms. The van der Waals surface area contributed by atoms with Gasteiger partial charge in [-0.3, -0.25) is 0 Å². The van der Waals surface area contributed by atoms with E-state index in [1.165, 1.54) is 24.3 Å². The van der Waals surface area contributed by atoms with Gasteiger partial charge in [0.25, 0.3) is 6.43 Å². The van der Waals surface area contributed by atoms with Gasteiger partial charge < -0.3 is 9.88 Å². The van der Waals surface area contributed by atoms with E-state index in [1.807, 2.05) is 0 Å². The molecule has 4 nitrogen and oxygen atoms in total. The SMILES string of the molecule is O=c1nc(N(CC(F)F)c2cc(F)cc(C#CC3(C(F)(F)F)CC3)c2)c2ccc(Cl)cc2[nH]1. The van der Waals surface area contributed by atoms with Crippen molar-refractivity contribution >= 4 is 34.0 Å². The van der Waals surface area contributed by atoms with Crippen LogP contribution in [0.4, 0.5) is 37.8 Å². The molecular weight excluding hydrogens is 472 g/mol. The number of H-pyrrole nitrogens is 1. The van der Waals surface area contributed by atoms with E-state index in [2.05, 4.69) is 21.8 Å². The fourth-order valence-electron chi connectivity index (χ4n) is 3.37. The van der Waals surface area contributed by atoms with E-state index in [-0.39, 0.29) is 45.8 Å². The van der Waals surface area contributed by atoms with Gasteiger partial charge in [-0.15, -0.1) is 0 Å². The van der Waals surface area contributed by atoms with Gasteiger partial charge in [0, 0.05) is 21.7 Å². The van der Waals surface area contributed by atoms with Crippen molar-refractivity contribution in [2.45, 2.75) is 25.4 Å². The topological polar surface area (TPSA) is 49.0 Å². The lowest BCUT2D eigenvalue weighted by Crippen LogP contribution is -2.27. The van der Waals surface area contributed by atoms with Crippen LogP contribution in [0.5, 0.6) is 0 Å². The first-order chi connectivity index (χ1) is 15.5. The third-order valence-electron chi connectivity index (χ3n) is 5.18. The zero-order valence-electron chi connectivity index (χ0n) is 16.6. The summed E-state index contributed by atoms with van der Waals surface area (Å²) in [5.41, 5.74) is -3.04. The molecule has 1 aliphatic rings. The van der Waals surface area contributed by atoms with Crippen LogP contribution in [0.3, 0.4) is 0 Å². The number of alkyl halides is 5. The summed E-state index contributed by atoms with van der Waals surface area (Å²) in [6.45, 7) is -0.961. The van der Waals surface area contributed by atoms with E-state index in [4.69, 9.17) is 11.6 Å². The number of halogens is 7. The predicted molar refractivity (Wildman–Crippen MR) is 111 cm³/mol. The average molecular weight is 486 g/mol. The Balaban J connectivity index is 1.84. The Labute approximate surface area is 188 Å². The molecule has 0 atom stereocenters. The minimum absolute atomic E-state index is 0.128. The van der Waals surface area contributed by atoms with Crippen molar-refractivity contribution in [1.82, 2.24) is 9.97 Å². The second kappa shape index (κ2) is 8.30. The first kappa shape index (κ1) is 23.0. The summed E-state index contributed by atoms with van der Waals surface area (Å²) in [5, 5.41) is 0.531. The number of aromatic nitrogens is 2. The highest BCUT2D eigenvalue weighted by molar-refractivity contribution is 6.31. The standard InChI is InChI=1S/C22H14ClF6N3O/c23-13-1-2-16-17(9-13)30-20(33)31-19(16)32(11-18(25)26)15-8-12(7-14(24)10-15)3-4-21(5-6-21)22(27,28)29/h1-2,7-10,18H,5-6,11H2,(H,30,31,33). The molecule has 0 spiro atoms. The lowest BCUT2D eigenvalue weighted by Gasteiger charge is -2.25. The minimum atomic E-state index is -4.52. The molecule has 0 amide bonds. The first-order valence-corrected chi connectivity index (χ1v) is 10.0. The third kappa shape index (κ3) is 4.78. The van der Waals surface area contributed by atoms with Gasteiger partial charge in [-0.2, -0.15) is 18.2 Å². The van der Waals surface area contributed by atoms with Crippen LogP contribution < -0.4 is 10.6 Å². The molecule has 1 aromatic heterocycles. The number of aromatic amines is 1. The van der Waals surface area contributed by atoms with E-state index < -0.39 is 36.1 Å². The minimum Gasteiger partial charge on any atom is -0.320 e. The Morgan fingerprint density at radius 3 is 2.55 bits per heavy atom. The van der Waals surface area contributed by atoms with Gasteiger partial charge in [0.15, 0.2) is 0 Å². The quantitative estimate of drug-likeness (QED) is 0.374. The van der Waals surface area contributed by atoms with Crippen molar-refractivity contribution in [3.05, 3.63) is 63.3 Å². The van der Waals surface area contributed by atoms with Crippen molar-refractivity contribution in [2.75, 3.05) is 11.4 Å². The largest absolute Gasteiger partial charge is 0.405 e. The summed E-state index contributed by atoms with van der Waals surface area (Å²) in [5.74, 6) is 3.38. The van der Waals surface area contributed by atoms with Gasteiger partial charge in [-0.05, 0) is 49.2 Å². The summed E-state index contributed by atoms with van der Waals surface area (Å²) in [4.78, 5) is 19.2. The summed E-state index contributed by atoms with van der Waals surface area (Å²) >= 11 is 5.93. The van der Waals surface area contributed by atoms with Gasteiger partial charge in [0.1, 0.15) is 17.1 Å². The van der Waals surface area contributed by atoms with Crippen molar-refractivity contribution < 1.29 is 26.3 Å². The molecule has 0 saturated heterocycles. The number of nitrogens with zero attached hydrogens (tertiary/aromatic N) is 2. The molecule has 11 heteroatoms. The van der Waals surface area contributed by atoms with Crippen LogP contribution in [0.2, 0.25) is 5.02 Å². The normalized spacial score (nSPS) is 14.8. The van der Waals surface area contributed by atoms with E-state index in [1.54, 1.807) is 0 Å². The van der Waals surface area contributed by atoms with Crippen molar-refractivity contribution in [1.29, 1.82) is 0 Å². The van der Waals surface area contributed by atoms with Crippen molar-refractivity contribution in [3.8, 4) is 11.8 Å². The predicted octanol–water partition coefficient (Wildman–Crippen LogP) is 5.81. The van der Waals surface area contributed by atoms with Crippen LogP contribution in [0.15, 0.2) is 41.2 Å². The fourth-order valence-corrected chi connectivity index (χ4v) is 3.54. The third-order valence-corrected chi connectivity index (χ3v) is 5.42. The zero-order valence-corrected chi connectivity index (χ0v) is 17.4. The zero-order chi connectivity index (χ0) is 24.0. The van der Waals surface area contributed by atoms with Gasteiger partial charge in [0.05, 0.1) is 12.1 Å². The van der Waals surface area contributed by atoms with Gasteiger partial charge in [-0.1, -0.05) is 23.4 Å². The number of rotatable bonds is 4. The van der Waals surface area contributed by atoms with Crippen LogP contribution in [-0.2, 0) is 0 Å². The number of fused-ring (bicyclic) bond motifs is 1. The number of hydrogen-bond donors (Lipinski definition) is 1. The Bertz CT molecular complexity index is 1340. The lowest BCUT2D eigenvalue weighted by atomic mass is 10.1. The van der Waals surface area contributed by atoms with Gasteiger partial charge in [-0.25, -0.2) is 18.0 Å². The summed E-state index contributed by atoms with van der Waals surface area (Å²) < 4.78 is 80.7. The number of anilines is 2. The van der Waals surface area contributed by atoms with Gasteiger partial charge in [0.2, 0.25) is 0 Å². The van der Waals surface area contributed by atoms with E-state index >= 15 is 0 Å². The van der Waals surface area contributed by atoms with Crippen molar-refractivity contribution in [2.24, 2.45) is 5.41 Å². The molecule has 1 N–H and O–H groups in total. The van der Waals surface area contributed by atoms with Crippen LogP contribution >= 0.6 is 11.6 Å². The second-order valence-electron chi connectivity index (χ2n) is 7.59. The molecular formula is C22H14ClF6N3O. The summed E-state index contributed by atoms with van der Waals surface area (Å²) in [6, 6.07) is 7.31. The van der Waals surface area contributed by atoms with Crippen LogP contribution in [0.1, 0.15) is 18.4 Å². The Morgan fingerprint density at radius 1 is 1.18 bits per heavy atom. The molecule has 1 saturated carbocycles. The number of benzene rings is 2. The van der Waals surface area contributed by atoms with Crippen molar-refractivity contribution in [3.63, 3.8) is 0 Å². The maximum atomic E-state index is 14.3. The lowest BCUT2D eigenvalue weighted by molar-refractivity contribution is -0.168. The highest BCUT2D eigenvalue weighted by atomic mass is 35.5. The summed E-state index contributed by atoms with van der Waals surface area (Å²) in [6.07, 6.45) is -7.75. The average Bonchev–Trinajstić information content (AvgIpc) is 3.50. The first-order valence-electron chi connectivity index (χ1n) is 9.63. The van der Waals surface area contributed by atoms with E-state index in [0.717, 1.165) is 17.0 Å². The monoisotopic (exact) mass is 485 g/mol. The highest BCUT2D eigenvalue weighted by Crippen LogP contribution is 2.57. The second-order valence-corrected chi connectivity index (χ2v) is 8.02. The van der Waals surface area contributed by atoms with E-state index in [9.17, 15) is 31.1 Å². The molecule has 0 aliphatic heterocycles. The van der Waals surface area contributed by atoms with Gasteiger partial charge >= 0.3 is 11.9 Å². The maximum Gasteiger partial charge on any atom is 0.405 e. The number of hydrogen-bond acceptors (Lipinski definition) is 3. The molecule has 1 heterocycles. The molecule has 1 fully saturated rings. The molecule has 2 aromatic carbocycles. The molecule has 3 aromatic rings. The molecule has 1 aliphatic carbocycles. The highest BCUT2D eigenvalue weighted by Gasteiger charge is 2.62. The molecule has 0 unspecified atom stereocenters. The maximum absolute atomic E-state index is 14.3.